The zero-order chi connectivity index (χ0) is 17.0. The molecule has 1 heterocycles. The van der Waals surface area contributed by atoms with E-state index in [-0.39, 0.29) is 11.8 Å². The highest BCUT2D eigenvalue weighted by Crippen LogP contribution is 2.56. The van der Waals surface area contributed by atoms with Gasteiger partial charge in [-0.25, -0.2) is 4.79 Å². The van der Waals surface area contributed by atoms with Crippen LogP contribution in [-0.4, -0.2) is 15.8 Å². The number of rotatable bonds is 1. The van der Waals surface area contributed by atoms with E-state index in [9.17, 15) is 9.90 Å². The van der Waals surface area contributed by atoms with Crippen molar-refractivity contribution in [3.05, 3.63) is 89.2 Å². The first kappa shape index (κ1) is 14.5. The Balaban J connectivity index is 1.55. The first-order valence-corrected chi connectivity index (χ1v) is 8.49. The molecule has 4 nitrogen and oxygen atoms in total. The van der Waals surface area contributed by atoms with Crippen LogP contribution in [-0.2, 0) is 0 Å². The second kappa shape index (κ2) is 5.33. The highest BCUT2D eigenvalue weighted by Gasteiger charge is 2.45. The number of nitrogens with zero attached hydrogens (tertiary/aromatic N) is 1. The number of benzene rings is 2. The van der Waals surface area contributed by atoms with Crippen molar-refractivity contribution < 1.29 is 14.6 Å². The molecule has 0 aliphatic heterocycles. The van der Waals surface area contributed by atoms with Gasteiger partial charge >= 0.3 is 6.09 Å². The van der Waals surface area contributed by atoms with Crippen molar-refractivity contribution in [3.8, 4) is 5.75 Å². The molecule has 25 heavy (non-hydrogen) atoms. The van der Waals surface area contributed by atoms with Crippen molar-refractivity contribution in [1.82, 2.24) is 4.57 Å². The highest BCUT2D eigenvalue weighted by molar-refractivity contribution is 5.75. The van der Waals surface area contributed by atoms with Gasteiger partial charge in [0.1, 0.15) is 11.9 Å². The van der Waals surface area contributed by atoms with Gasteiger partial charge < -0.3 is 9.84 Å². The minimum Gasteiger partial charge on any atom is -0.410 e. The van der Waals surface area contributed by atoms with E-state index in [1.807, 2.05) is 36.4 Å². The lowest BCUT2D eigenvalue weighted by molar-refractivity contribution is 0.125. The van der Waals surface area contributed by atoms with Gasteiger partial charge in [0.05, 0.1) is 5.69 Å². The molecule has 2 aliphatic rings. The van der Waals surface area contributed by atoms with Crippen LogP contribution in [0.2, 0.25) is 0 Å². The van der Waals surface area contributed by atoms with Gasteiger partial charge in [0, 0.05) is 18.0 Å². The zero-order valence-electron chi connectivity index (χ0n) is 13.5. The maximum Gasteiger partial charge on any atom is 0.423 e. The molecule has 5 rings (SSSR count). The number of ether oxygens (including phenoxy) is 1. The molecule has 3 atom stereocenters. The van der Waals surface area contributed by atoms with Crippen LogP contribution in [0.3, 0.4) is 0 Å². The van der Waals surface area contributed by atoms with E-state index in [0.29, 0.717) is 11.4 Å². The van der Waals surface area contributed by atoms with Crippen LogP contribution in [0.15, 0.2) is 66.9 Å². The molecule has 1 aromatic heterocycles. The number of aliphatic hydroxyl groups is 1. The molecule has 4 heteroatoms. The molecule has 0 saturated carbocycles. The summed E-state index contributed by atoms with van der Waals surface area (Å²) in [6.07, 6.45) is 1.42. The summed E-state index contributed by atoms with van der Waals surface area (Å²) in [4.78, 5) is 12.6. The van der Waals surface area contributed by atoms with Gasteiger partial charge in [-0.05, 0) is 41.3 Å². The summed E-state index contributed by atoms with van der Waals surface area (Å²) >= 11 is 0. The van der Waals surface area contributed by atoms with Crippen LogP contribution in [0.1, 0.15) is 46.7 Å². The molecule has 0 unspecified atom stereocenters. The standard InChI is InChI=1S/C21H17NO3/c23-20-18-12-17(14-8-4-5-9-15(14)18)16-10-11-22(19(16)20)21(24)25-13-6-2-1-3-7-13/h1-11,17-18,20,23H,12H2/t17-,18+,20+/m1/s1. The lowest BCUT2D eigenvalue weighted by Crippen LogP contribution is -2.24. The summed E-state index contributed by atoms with van der Waals surface area (Å²) in [5.41, 5.74) is 4.15. The van der Waals surface area contributed by atoms with Gasteiger partial charge in [0.25, 0.3) is 0 Å². The van der Waals surface area contributed by atoms with Crippen molar-refractivity contribution in [2.75, 3.05) is 0 Å². The second-order valence-electron chi connectivity index (χ2n) is 6.68. The summed E-state index contributed by atoms with van der Waals surface area (Å²) < 4.78 is 6.91. The van der Waals surface area contributed by atoms with Gasteiger partial charge in [-0.3, -0.25) is 4.57 Å². The first-order valence-electron chi connectivity index (χ1n) is 8.49. The normalized spacial score (nSPS) is 23.0. The van der Waals surface area contributed by atoms with E-state index in [4.69, 9.17) is 4.74 Å². The van der Waals surface area contributed by atoms with E-state index >= 15 is 0 Å². The minimum atomic E-state index is -0.701. The number of aromatic nitrogens is 1. The molecule has 2 aliphatic carbocycles. The van der Waals surface area contributed by atoms with Gasteiger partial charge in [-0.2, -0.15) is 0 Å². The average Bonchev–Trinajstić information content (AvgIpc) is 3.22. The monoisotopic (exact) mass is 331 g/mol. The Labute approximate surface area is 145 Å². The van der Waals surface area contributed by atoms with Crippen LogP contribution in [0.4, 0.5) is 4.79 Å². The van der Waals surface area contributed by atoms with Crippen LogP contribution < -0.4 is 4.74 Å². The maximum absolute atomic E-state index is 12.6. The number of para-hydroxylation sites is 1. The summed E-state index contributed by atoms with van der Waals surface area (Å²) in [5.74, 6) is 0.767. The van der Waals surface area contributed by atoms with E-state index in [1.165, 1.54) is 15.7 Å². The molecule has 0 fully saturated rings. The summed E-state index contributed by atoms with van der Waals surface area (Å²) in [5, 5.41) is 11.0. The third-order valence-corrected chi connectivity index (χ3v) is 5.40. The van der Waals surface area contributed by atoms with Gasteiger partial charge in [-0.1, -0.05) is 42.5 Å². The van der Waals surface area contributed by atoms with Gasteiger partial charge in [-0.15, -0.1) is 0 Å². The van der Waals surface area contributed by atoms with Crippen molar-refractivity contribution >= 4 is 6.09 Å². The number of hydrogen-bond donors (Lipinski definition) is 1. The second-order valence-corrected chi connectivity index (χ2v) is 6.68. The topological polar surface area (TPSA) is 51.5 Å². The third kappa shape index (κ3) is 2.07. The van der Waals surface area contributed by atoms with Crippen LogP contribution in [0.5, 0.6) is 5.75 Å². The lowest BCUT2D eigenvalue weighted by Gasteiger charge is -2.27. The number of carbonyl (C=O) groups is 1. The summed E-state index contributed by atoms with van der Waals surface area (Å²) in [7, 11) is 0. The van der Waals surface area contributed by atoms with Crippen LogP contribution >= 0.6 is 0 Å². The first-order chi connectivity index (χ1) is 12.2. The predicted octanol–water partition coefficient (Wildman–Crippen LogP) is 4.20. The Morgan fingerprint density at radius 2 is 1.68 bits per heavy atom. The van der Waals surface area contributed by atoms with Crippen molar-refractivity contribution in [3.63, 3.8) is 0 Å². The van der Waals surface area contributed by atoms with E-state index in [0.717, 1.165) is 12.0 Å². The van der Waals surface area contributed by atoms with Crippen LogP contribution in [0.25, 0.3) is 0 Å². The Morgan fingerprint density at radius 3 is 2.48 bits per heavy atom. The number of carbonyl (C=O) groups excluding carboxylic acids is 1. The molecule has 124 valence electrons. The largest absolute Gasteiger partial charge is 0.423 e. The lowest BCUT2D eigenvalue weighted by atomic mass is 9.83. The average molecular weight is 331 g/mol. The minimum absolute atomic E-state index is 0.0341. The van der Waals surface area contributed by atoms with E-state index in [2.05, 4.69) is 12.1 Å². The number of fused-ring (bicyclic) bond motifs is 7. The molecular formula is C21H17NO3. The Kier molecular flexibility index (Phi) is 3.09. The molecule has 2 bridgehead atoms. The summed E-state index contributed by atoms with van der Waals surface area (Å²) in [6.45, 7) is 0. The number of aliphatic hydroxyl groups excluding tert-OH is 1. The van der Waals surface area contributed by atoms with Crippen molar-refractivity contribution in [1.29, 1.82) is 0 Å². The molecule has 3 aromatic rings. The van der Waals surface area contributed by atoms with Crippen molar-refractivity contribution in [2.45, 2.75) is 24.4 Å². The number of hydrogen-bond acceptors (Lipinski definition) is 3. The predicted molar refractivity (Wildman–Crippen MR) is 92.9 cm³/mol. The molecule has 0 spiro atoms. The van der Waals surface area contributed by atoms with Gasteiger partial charge in [0.2, 0.25) is 0 Å². The molecular weight excluding hydrogens is 314 g/mol. The SMILES string of the molecule is O=C(Oc1ccccc1)n1ccc2c1[C@@H](O)[C@H]1C[C@@H]2c2ccccc21. The molecule has 0 saturated heterocycles. The smallest absolute Gasteiger partial charge is 0.410 e. The highest BCUT2D eigenvalue weighted by atomic mass is 16.6. The Hall–Kier alpha value is -2.85. The Morgan fingerprint density at radius 1 is 0.960 bits per heavy atom. The fourth-order valence-corrected chi connectivity index (χ4v) is 4.32. The Bertz CT molecular complexity index is 960. The maximum atomic E-state index is 12.6. The molecule has 0 amide bonds. The van der Waals surface area contributed by atoms with E-state index < -0.39 is 12.2 Å². The van der Waals surface area contributed by atoms with Crippen molar-refractivity contribution in [2.24, 2.45) is 0 Å². The van der Waals surface area contributed by atoms with E-state index in [1.54, 1.807) is 18.3 Å². The zero-order valence-corrected chi connectivity index (χ0v) is 13.5. The molecule has 0 radical (unpaired) electrons. The molecule has 1 N–H and O–H groups in total. The fraction of sp³-hybridized carbons (Fsp3) is 0.190. The van der Waals surface area contributed by atoms with Crippen LogP contribution in [0, 0.1) is 0 Å². The fourth-order valence-electron chi connectivity index (χ4n) is 4.32. The third-order valence-electron chi connectivity index (χ3n) is 5.40. The summed E-state index contributed by atoms with van der Waals surface area (Å²) in [6, 6.07) is 19.2. The van der Waals surface area contributed by atoms with Gasteiger partial charge in [0.15, 0.2) is 0 Å². The quantitative estimate of drug-likeness (QED) is 0.727. The molecule has 2 aromatic carbocycles.